The Labute approximate surface area is 147 Å². The van der Waals surface area contributed by atoms with Crippen molar-refractivity contribution in [3.05, 3.63) is 83.1 Å². The van der Waals surface area contributed by atoms with Crippen LogP contribution in [0, 0.1) is 0 Å². The van der Waals surface area contributed by atoms with E-state index in [0.29, 0.717) is 18.4 Å². The van der Waals surface area contributed by atoms with Crippen LogP contribution in [-0.2, 0) is 9.53 Å². The number of carbonyl (C=O) groups is 2. The van der Waals surface area contributed by atoms with Gasteiger partial charge in [-0.3, -0.25) is 9.59 Å². The highest BCUT2D eigenvalue weighted by Gasteiger charge is 2.40. The fraction of sp³-hybridized carbons (Fsp3) is 0.273. The average Bonchev–Trinajstić information content (AvgIpc) is 2.68. The van der Waals surface area contributed by atoms with E-state index in [1.165, 1.54) is 0 Å². The lowest BCUT2D eigenvalue weighted by Crippen LogP contribution is -2.37. The molecule has 2 aromatic rings. The van der Waals surface area contributed by atoms with Gasteiger partial charge < -0.3 is 4.74 Å². The SMILES string of the molecule is O=C1CCCC2=C1C[C@@H](c1ccccc1)[C@H](C(=O)c1ccccc1)O2. The second kappa shape index (κ2) is 6.67. The van der Waals surface area contributed by atoms with Crippen LogP contribution in [0.15, 0.2) is 72.0 Å². The molecule has 0 aromatic heterocycles. The smallest absolute Gasteiger partial charge is 0.203 e. The van der Waals surface area contributed by atoms with E-state index >= 15 is 0 Å². The minimum Gasteiger partial charge on any atom is -0.486 e. The largest absolute Gasteiger partial charge is 0.486 e. The molecule has 1 aliphatic carbocycles. The second-order valence-electron chi connectivity index (χ2n) is 6.67. The summed E-state index contributed by atoms with van der Waals surface area (Å²) in [6, 6.07) is 19.2. The number of carbonyl (C=O) groups excluding carboxylic acids is 2. The zero-order chi connectivity index (χ0) is 17.2. The van der Waals surface area contributed by atoms with E-state index in [2.05, 4.69) is 0 Å². The molecule has 0 radical (unpaired) electrons. The summed E-state index contributed by atoms with van der Waals surface area (Å²) in [7, 11) is 0. The number of hydrogen-bond donors (Lipinski definition) is 0. The average molecular weight is 332 g/mol. The summed E-state index contributed by atoms with van der Waals surface area (Å²) < 4.78 is 6.15. The molecule has 0 fully saturated rings. The van der Waals surface area contributed by atoms with Crippen LogP contribution < -0.4 is 0 Å². The molecule has 3 nitrogen and oxygen atoms in total. The van der Waals surface area contributed by atoms with Crippen molar-refractivity contribution in [1.82, 2.24) is 0 Å². The topological polar surface area (TPSA) is 43.4 Å². The number of Topliss-reactive ketones (excluding diaryl/α,β-unsaturated/α-hetero) is 2. The third-order valence-corrected chi connectivity index (χ3v) is 5.08. The molecule has 0 amide bonds. The summed E-state index contributed by atoms with van der Waals surface area (Å²) in [5.41, 5.74) is 2.48. The van der Waals surface area contributed by atoms with E-state index in [1.54, 1.807) is 0 Å². The van der Waals surface area contributed by atoms with Crippen molar-refractivity contribution in [2.45, 2.75) is 37.7 Å². The first-order valence-corrected chi connectivity index (χ1v) is 8.80. The van der Waals surface area contributed by atoms with Crippen LogP contribution in [0.5, 0.6) is 0 Å². The maximum Gasteiger partial charge on any atom is 0.203 e. The van der Waals surface area contributed by atoms with Crippen molar-refractivity contribution < 1.29 is 14.3 Å². The molecule has 0 saturated heterocycles. The molecular formula is C22H20O3. The standard InChI is InChI=1S/C22H20O3/c23-19-12-7-13-20-18(19)14-17(15-8-3-1-4-9-15)22(25-20)21(24)16-10-5-2-6-11-16/h1-6,8-11,17,22H,7,12-14H2/t17-,22+/m0/s1. The molecule has 25 heavy (non-hydrogen) atoms. The van der Waals surface area contributed by atoms with Crippen molar-refractivity contribution in [3.63, 3.8) is 0 Å². The van der Waals surface area contributed by atoms with Crippen LogP contribution in [0.3, 0.4) is 0 Å². The zero-order valence-corrected chi connectivity index (χ0v) is 14.0. The Bertz CT molecular complexity index is 821. The fourth-order valence-electron chi connectivity index (χ4n) is 3.78. The third-order valence-electron chi connectivity index (χ3n) is 5.08. The fourth-order valence-corrected chi connectivity index (χ4v) is 3.78. The Morgan fingerprint density at radius 1 is 0.920 bits per heavy atom. The number of benzene rings is 2. The van der Waals surface area contributed by atoms with Crippen molar-refractivity contribution in [2.24, 2.45) is 0 Å². The molecule has 0 saturated carbocycles. The monoisotopic (exact) mass is 332 g/mol. The van der Waals surface area contributed by atoms with Gasteiger partial charge >= 0.3 is 0 Å². The molecule has 1 aliphatic heterocycles. The first kappa shape index (κ1) is 15.8. The minimum absolute atomic E-state index is 0.0148. The number of ketones is 2. The van der Waals surface area contributed by atoms with Crippen molar-refractivity contribution in [1.29, 1.82) is 0 Å². The van der Waals surface area contributed by atoms with Gasteiger partial charge in [-0.2, -0.15) is 0 Å². The van der Waals surface area contributed by atoms with E-state index < -0.39 is 6.10 Å². The number of allylic oxidation sites excluding steroid dienone is 2. The molecule has 3 heteroatoms. The van der Waals surface area contributed by atoms with E-state index in [-0.39, 0.29) is 17.5 Å². The third kappa shape index (κ3) is 3.02. The Morgan fingerprint density at radius 2 is 1.60 bits per heavy atom. The van der Waals surface area contributed by atoms with Gasteiger partial charge in [0.15, 0.2) is 11.9 Å². The minimum atomic E-state index is -0.575. The van der Waals surface area contributed by atoms with Gasteiger partial charge in [-0.25, -0.2) is 0 Å². The molecule has 4 rings (SSSR count). The highest BCUT2D eigenvalue weighted by atomic mass is 16.5. The summed E-state index contributed by atoms with van der Waals surface area (Å²) in [6.07, 6.45) is 2.15. The summed E-state index contributed by atoms with van der Waals surface area (Å²) in [5, 5.41) is 0. The molecule has 1 heterocycles. The summed E-state index contributed by atoms with van der Waals surface area (Å²) in [4.78, 5) is 25.4. The number of hydrogen-bond acceptors (Lipinski definition) is 3. The Kier molecular flexibility index (Phi) is 4.22. The number of ether oxygens (including phenoxy) is 1. The first-order chi connectivity index (χ1) is 12.2. The van der Waals surface area contributed by atoms with E-state index in [1.807, 2.05) is 60.7 Å². The van der Waals surface area contributed by atoms with Gasteiger partial charge in [-0.15, -0.1) is 0 Å². The molecule has 126 valence electrons. The molecule has 0 unspecified atom stereocenters. The van der Waals surface area contributed by atoms with Crippen molar-refractivity contribution >= 4 is 11.6 Å². The van der Waals surface area contributed by atoms with Gasteiger partial charge in [0.1, 0.15) is 5.76 Å². The van der Waals surface area contributed by atoms with Gasteiger partial charge in [0.25, 0.3) is 0 Å². The Hall–Kier alpha value is -2.68. The Morgan fingerprint density at radius 3 is 2.32 bits per heavy atom. The second-order valence-corrected chi connectivity index (χ2v) is 6.67. The van der Waals surface area contributed by atoms with E-state index in [9.17, 15) is 9.59 Å². The lowest BCUT2D eigenvalue weighted by molar-refractivity contribution is -0.117. The van der Waals surface area contributed by atoms with Crippen LogP contribution in [0.4, 0.5) is 0 Å². The van der Waals surface area contributed by atoms with Crippen molar-refractivity contribution in [2.75, 3.05) is 0 Å². The predicted molar refractivity (Wildman–Crippen MR) is 95.3 cm³/mol. The highest BCUT2D eigenvalue weighted by molar-refractivity contribution is 6.02. The molecule has 2 aromatic carbocycles. The lowest BCUT2D eigenvalue weighted by atomic mass is 9.78. The highest BCUT2D eigenvalue weighted by Crippen LogP contribution is 2.41. The normalized spacial score (nSPS) is 23.0. The van der Waals surface area contributed by atoms with Crippen LogP contribution in [0.2, 0.25) is 0 Å². The molecule has 2 atom stereocenters. The Balaban J connectivity index is 1.74. The molecule has 2 aliphatic rings. The van der Waals surface area contributed by atoms with Gasteiger partial charge in [0.05, 0.1) is 0 Å². The van der Waals surface area contributed by atoms with Gasteiger partial charge in [-0.1, -0.05) is 60.7 Å². The van der Waals surface area contributed by atoms with Crippen LogP contribution in [0.25, 0.3) is 0 Å². The molecule has 0 N–H and O–H groups in total. The summed E-state index contributed by atoms with van der Waals surface area (Å²) in [6.45, 7) is 0. The molecule has 0 spiro atoms. The lowest BCUT2D eigenvalue weighted by Gasteiger charge is -2.36. The quantitative estimate of drug-likeness (QED) is 0.780. The summed E-state index contributed by atoms with van der Waals surface area (Å²) >= 11 is 0. The van der Waals surface area contributed by atoms with Crippen LogP contribution in [0.1, 0.15) is 47.5 Å². The molecular weight excluding hydrogens is 312 g/mol. The molecule has 0 bridgehead atoms. The maximum absolute atomic E-state index is 13.1. The van der Waals surface area contributed by atoms with E-state index in [4.69, 9.17) is 4.74 Å². The number of rotatable bonds is 3. The van der Waals surface area contributed by atoms with Crippen LogP contribution >= 0.6 is 0 Å². The van der Waals surface area contributed by atoms with Gasteiger partial charge in [0, 0.05) is 29.9 Å². The predicted octanol–water partition coefficient (Wildman–Crippen LogP) is 4.45. The van der Waals surface area contributed by atoms with Gasteiger partial charge in [0.2, 0.25) is 5.78 Å². The maximum atomic E-state index is 13.1. The van der Waals surface area contributed by atoms with Crippen molar-refractivity contribution in [3.8, 4) is 0 Å². The van der Waals surface area contributed by atoms with E-state index in [0.717, 1.165) is 29.7 Å². The first-order valence-electron chi connectivity index (χ1n) is 8.80. The zero-order valence-electron chi connectivity index (χ0n) is 14.0. The summed E-state index contributed by atoms with van der Waals surface area (Å²) in [5.74, 6) is 0.763. The van der Waals surface area contributed by atoms with Crippen LogP contribution in [-0.4, -0.2) is 17.7 Å². The van der Waals surface area contributed by atoms with Gasteiger partial charge in [-0.05, 0) is 18.4 Å².